The molecule has 0 bridgehead atoms. The van der Waals surface area contributed by atoms with Crippen molar-refractivity contribution in [3.63, 3.8) is 0 Å². The molecule has 0 aliphatic heterocycles. The molecular formula is C3H5NaO. The third kappa shape index (κ3) is 100. The monoisotopic (exact) mass is 80.0 g/mol. The van der Waals surface area contributed by atoms with Gasteiger partial charge in [0.05, 0.1) is 0 Å². The van der Waals surface area contributed by atoms with Crippen molar-refractivity contribution < 1.29 is 34.4 Å². The van der Waals surface area contributed by atoms with Gasteiger partial charge >= 0.3 is 29.6 Å². The summed E-state index contributed by atoms with van der Waals surface area (Å²) in [5, 5.41) is 0. The van der Waals surface area contributed by atoms with Gasteiger partial charge in [0, 0.05) is 0 Å². The molecule has 0 aliphatic carbocycles. The van der Waals surface area contributed by atoms with Gasteiger partial charge in [0.25, 0.3) is 0 Å². The van der Waals surface area contributed by atoms with Gasteiger partial charge in [-0.1, -0.05) is 0 Å². The molecule has 0 N–H and O–H groups in total. The largest absolute Gasteiger partial charge is 1.00 e. The minimum atomic E-state index is -0.0833. The van der Waals surface area contributed by atoms with E-state index in [4.69, 9.17) is 0 Å². The number of carbonyl (C=O) groups excluding carboxylic acids is 1. The number of hydrogen-bond donors (Lipinski definition) is 0. The molecule has 0 rings (SSSR count). The van der Waals surface area contributed by atoms with E-state index >= 15 is 0 Å². The molecule has 24 valence electrons. The maximum Gasteiger partial charge on any atom is 1.00 e. The maximum absolute atomic E-state index is 9.33. The van der Waals surface area contributed by atoms with Gasteiger partial charge in [-0.2, -0.15) is 0 Å². The van der Waals surface area contributed by atoms with E-state index in [2.05, 4.69) is 6.92 Å². The summed E-state index contributed by atoms with van der Waals surface area (Å²) in [6.45, 7) is 4.42. The first-order chi connectivity index (χ1) is 1.73. The van der Waals surface area contributed by atoms with E-state index in [-0.39, 0.29) is 35.3 Å². The molecule has 0 aromatic carbocycles. The second-order valence-electron chi connectivity index (χ2n) is 0.702. The third-order valence-electron chi connectivity index (χ3n) is 0. The van der Waals surface area contributed by atoms with Crippen LogP contribution in [0.2, 0.25) is 0 Å². The Morgan fingerprint density at radius 2 is 1.80 bits per heavy atom. The fraction of sp³-hybridized carbons (Fsp3) is 0.333. The second-order valence-corrected chi connectivity index (χ2v) is 0.702. The molecule has 0 saturated carbocycles. The molecule has 0 spiro atoms. The quantitative estimate of drug-likeness (QED) is 0.230. The zero-order valence-electron chi connectivity index (χ0n) is 3.62. The van der Waals surface area contributed by atoms with Crippen molar-refractivity contribution >= 4 is 5.78 Å². The topological polar surface area (TPSA) is 17.1 Å². The van der Waals surface area contributed by atoms with Gasteiger partial charge in [-0.05, 0) is 12.7 Å². The third-order valence-corrected chi connectivity index (χ3v) is 0. The Hall–Kier alpha value is 0.540. The molecule has 0 heterocycles. The molecule has 1 nitrogen and oxygen atoms in total. The Morgan fingerprint density at radius 3 is 1.80 bits per heavy atom. The summed E-state index contributed by atoms with van der Waals surface area (Å²) in [7, 11) is 0. The molecule has 0 saturated heterocycles. The van der Waals surface area contributed by atoms with Crippen molar-refractivity contribution in [2.24, 2.45) is 0 Å². The van der Waals surface area contributed by atoms with Crippen LogP contribution >= 0.6 is 0 Å². The Bertz CT molecular complexity index is 29.9. The van der Waals surface area contributed by atoms with Crippen LogP contribution in [0, 0.1) is 6.92 Å². The Labute approximate surface area is 54.0 Å². The molecule has 2 heteroatoms. The average Bonchev–Trinajstić information content (AvgIpc) is 0.811. The minimum absolute atomic E-state index is 0. The molecule has 0 amide bonds. The SMILES string of the molecule is [CH2-]C(C)=O.[Na+]. The first-order valence-electron chi connectivity index (χ1n) is 1.06. The summed E-state index contributed by atoms with van der Waals surface area (Å²) in [6.07, 6.45) is 0. The van der Waals surface area contributed by atoms with E-state index < -0.39 is 0 Å². The number of hydrogen-bond acceptors (Lipinski definition) is 1. The molecule has 0 fully saturated rings. The summed E-state index contributed by atoms with van der Waals surface area (Å²) in [5.41, 5.74) is 0. The van der Waals surface area contributed by atoms with Crippen molar-refractivity contribution in [1.29, 1.82) is 0 Å². The molecular weight excluding hydrogens is 75.0 g/mol. The fourth-order valence-corrected chi connectivity index (χ4v) is 0. The molecule has 0 atom stereocenters. The van der Waals surface area contributed by atoms with Gasteiger partial charge in [-0.3, -0.25) is 0 Å². The zero-order valence-corrected chi connectivity index (χ0v) is 5.62. The predicted octanol–water partition coefficient (Wildman–Crippen LogP) is -2.59. The summed E-state index contributed by atoms with van der Waals surface area (Å²) < 4.78 is 0. The summed E-state index contributed by atoms with van der Waals surface area (Å²) >= 11 is 0. The van der Waals surface area contributed by atoms with Gasteiger partial charge < -0.3 is 11.7 Å². The van der Waals surface area contributed by atoms with Crippen molar-refractivity contribution in [3.8, 4) is 0 Å². The van der Waals surface area contributed by atoms with Crippen LogP contribution in [0.5, 0.6) is 0 Å². The normalized spacial score (nSPS) is 5.00. The van der Waals surface area contributed by atoms with E-state index in [1.54, 1.807) is 0 Å². The summed E-state index contributed by atoms with van der Waals surface area (Å²) in [6, 6.07) is 0. The second kappa shape index (κ2) is 4.54. The molecule has 0 aliphatic rings. The predicted molar refractivity (Wildman–Crippen MR) is 16.0 cm³/mol. The molecule has 0 unspecified atom stereocenters. The van der Waals surface area contributed by atoms with Crippen LogP contribution in [0.15, 0.2) is 0 Å². The molecule has 5 heavy (non-hydrogen) atoms. The van der Waals surface area contributed by atoms with Crippen LogP contribution in [0.25, 0.3) is 0 Å². The average molecular weight is 80.1 g/mol. The van der Waals surface area contributed by atoms with E-state index in [0.717, 1.165) is 0 Å². The minimum Gasteiger partial charge on any atom is -0.340 e. The molecule has 0 aromatic heterocycles. The van der Waals surface area contributed by atoms with Crippen LogP contribution in [-0.4, -0.2) is 5.78 Å². The van der Waals surface area contributed by atoms with Crippen LogP contribution in [0.1, 0.15) is 6.92 Å². The standard InChI is InChI=1S/C3H5O.Na/c1-3(2)4;/h1H2,2H3;/q-1;+1. The van der Waals surface area contributed by atoms with Gasteiger partial charge in [0.2, 0.25) is 0 Å². The first-order valence-corrected chi connectivity index (χ1v) is 1.06. The van der Waals surface area contributed by atoms with E-state index in [9.17, 15) is 4.79 Å². The van der Waals surface area contributed by atoms with E-state index in [1.165, 1.54) is 6.92 Å². The number of carbonyl (C=O) groups is 1. The zero-order chi connectivity index (χ0) is 3.58. The maximum atomic E-state index is 9.33. The Kier molecular flexibility index (Phi) is 8.27. The summed E-state index contributed by atoms with van der Waals surface area (Å²) in [5.74, 6) is -0.0833. The molecule has 0 radical (unpaired) electrons. The Balaban J connectivity index is 0. The van der Waals surface area contributed by atoms with Gasteiger partial charge in [-0.25, -0.2) is 0 Å². The summed E-state index contributed by atoms with van der Waals surface area (Å²) in [4.78, 5) is 9.33. The van der Waals surface area contributed by atoms with Crippen molar-refractivity contribution in [3.05, 3.63) is 6.92 Å². The van der Waals surface area contributed by atoms with Gasteiger partial charge in [0.1, 0.15) is 0 Å². The van der Waals surface area contributed by atoms with Crippen molar-refractivity contribution in [2.45, 2.75) is 6.92 Å². The fourth-order valence-electron chi connectivity index (χ4n) is 0. The number of ketones is 1. The number of Topliss-reactive ketones (excluding diaryl/α,β-unsaturated/α-hetero) is 1. The smallest absolute Gasteiger partial charge is 0.340 e. The molecule has 0 aromatic rings. The van der Waals surface area contributed by atoms with E-state index in [0.29, 0.717) is 0 Å². The van der Waals surface area contributed by atoms with Crippen molar-refractivity contribution in [2.75, 3.05) is 0 Å². The van der Waals surface area contributed by atoms with Crippen LogP contribution < -0.4 is 29.6 Å². The van der Waals surface area contributed by atoms with Crippen LogP contribution in [0.4, 0.5) is 0 Å². The Morgan fingerprint density at radius 1 is 1.80 bits per heavy atom. The van der Waals surface area contributed by atoms with Gasteiger partial charge in [-0.15, -0.1) is 0 Å². The van der Waals surface area contributed by atoms with E-state index in [1.807, 2.05) is 0 Å². The van der Waals surface area contributed by atoms with Crippen LogP contribution in [0.3, 0.4) is 0 Å². The van der Waals surface area contributed by atoms with Crippen LogP contribution in [-0.2, 0) is 4.79 Å². The van der Waals surface area contributed by atoms with Gasteiger partial charge in [0.15, 0.2) is 0 Å². The first kappa shape index (κ1) is 9.11. The van der Waals surface area contributed by atoms with Crippen molar-refractivity contribution in [1.82, 2.24) is 0 Å². The number of rotatable bonds is 0.